The maximum absolute atomic E-state index is 5.53. The third-order valence-corrected chi connectivity index (χ3v) is 1.23. The van der Waals surface area contributed by atoms with E-state index in [1.807, 2.05) is 13.0 Å². The fourth-order valence-corrected chi connectivity index (χ4v) is 0.632. The highest BCUT2D eigenvalue weighted by Crippen LogP contribution is 2.19. The average molecular weight is 157 g/mol. The van der Waals surface area contributed by atoms with Crippen molar-refractivity contribution in [2.24, 2.45) is 11.1 Å². The van der Waals surface area contributed by atoms with E-state index < -0.39 is 0 Å². The molecule has 0 amide bonds. The van der Waals surface area contributed by atoms with Gasteiger partial charge in [0, 0.05) is 0 Å². The molecule has 0 aliphatic heterocycles. The first-order chi connectivity index (χ1) is 4.95. The van der Waals surface area contributed by atoms with Crippen LogP contribution in [0.5, 0.6) is 0 Å². The van der Waals surface area contributed by atoms with Crippen LogP contribution in [-0.2, 0) is 4.74 Å². The van der Waals surface area contributed by atoms with Gasteiger partial charge in [0.1, 0.15) is 0 Å². The molecule has 0 rings (SSSR count). The van der Waals surface area contributed by atoms with Gasteiger partial charge in [-0.05, 0) is 24.8 Å². The molecule has 0 aliphatic carbocycles. The van der Waals surface area contributed by atoms with Crippen molar-refractivity contribution in [3.8, 4) is 0 Å². The molecule has 0 saturated carbocycles. The molecule has 0 fully saturated rings. The molecule has 0 saturated heterocycles. The molecule has 0 unspecified atom stereocenters. The second kappa shape index (κ2) is 4.27. The van der Waals surface area contributed by atoms with E-state index in [4.69, 9.17) is 10.5 Å². The van der Waals surface area contributed by atoms with E-state index in [1.54, 1.807) is 0 Å². The van der Waals surface area contributed by atoms with Crippen LogP contribution in [0.1, 0.15) is 34.1 Å². The molecule has 0 aromatic rings. The number of rotatable bonds is 3. The molecule has 0 aromatic heterocycles. The van der Waals surface area contributed by atoms with Crippen LogP contribution in [0, 0.1) is 5.41 Å². The molecule has 66 valence electrons. The van der Waals surface area contributed by atoms with Gasteiger partial charge in [-0.3, -0.25) is 0 Å². The Hall–Kier alpha value is -0.660. The lowest BCUT2D eigenvalue weighted by atomic mass is 9.92. The molecule has 0 bridgehead atoms. The highest BCUT2D eigenvalue weighted by molar-refractivity contribution is 4.89. The van der Waals surface area contributed by atoms with Gasteiger partial charge >= 0.3 is 0 Å². The summed E-state index contributed by atoms with van der Waals surface area (Å²) >= 11 is 0. The van der Waals surface area contributed by atoms with Crippen LogP contribution < -0.4 is 5.73 Å². The summed E-state index contributed by atoms with van der Waals surface area (Å²) in [5.74, 6) is 0.544. The number of allylic oxidation sites excluding steroid dienone is 1. The van der Waals surface area contributed by atoms with Crippen molar-refractivity contribution >= 4 is 0 Å². The van der Waals surface area contributed by atoms with Gasteiger partial charge in [0.05, 0.1) is 6.61 Å². The van der Waals surface area contributed by atoms with E-state index in [1.165, 1.54) is 0 Å². The highest BCUT2D eigenvalue weighted by Gasteiger charge is 2.07. The molecular formula is C9H19NO. The molecule has 2 heteroatoms. The van der Waals surface area contributed by atoms with Crippen molar-refractivity contribution in [3.63, 3.8) is 0 Å². The first-order valence-electron chi connectivity index (χ1n) is 4.04. The highest BCUT2D eigenvalue weighted by atomic mass is 16.5. The van der Waals surface area contributed by atoms with Crippen molar-refractivity contribution in [3.05, 3.63) is 12.0 Å². The number of hydrogen-bond acceptors (Lipinski definition) is 2. The lowest BCUT2D eigenvalue weighted by Crippen LogP contribution is -2.07. The van der Waals surface area contributed by atoms with Gasteiger partial charge in [0.25, 0.3) is 0 Å². The molecule has 2 nitrogen and oxygen atoms in total. The lowest BCUT2D eigenvalue weighted by Gasteiger charge is -2.15. The Morgan fingerprint density at radius 2 is 2.00 bits per heavy atom. The van der Waals surface area contributed by atoms with Gasteiger partial charge in [0.15, 0.2) is 5.88 Å². The summed E-state index contributed by atoms with van der Waals surface area (Å²) in [5.41, 5.74) is 5.82. The lowest BCUT2D eigenvalue weighted by molar-refractivity contribution is 0.223. The monoisotopic (exact) mass is 157 g/mol. The van der Waals surface area contributed by atoms with Crippen LogP contribution in [0.15, 0.2) is 12.0 Å². The predicted molar refractivity (Wildman–Crippen MR) is 48.0 cm³/mol. The number of nitrogens with two attached hydrogens (primary N) is 1. The maximum atomic E-state index is 5.53. The molecule has 0 aliphatic rings. The van der Waals surface area contributed by atoms with Gasteiger partial charge in [-0.1, -0.05) is 20.8 Å². The summed E-state index contributed by atoms with van der Waals surface area (Å²) < 4.78 is 5.08. The topological polar surface area (TPSA) is 35.2 Å². The van der Waals surface area contributed by atoms with Crippen molar-refractivity contribution in [2.75, 3.05) is 6.61 Å². The zero-order chi connectivity index (χ0) is 8.91. The largest absolute Gasteiger partial charge is 0.480 e. The van der Waals surface area contributed by atoms with Crippen molar-refractivity contribution in [1.82, 2.24) is 0 Å². The minimum Gasteiger partial charge on any atom is -0.480 e. The van der Waals surface area contributed by atoms with E-state index in [9.17, 15) is 0 Å². The van der Waals surface area contributed by atoms with E-state index in [2.05, 4.69) is 20.8 Å². The van der Waals surface area contributed by atoms with Gasteiger partial charge in [-0.2, -0.15) is 0 Å². The SMILES string of the molecule is CCO/C(N)=C\CC(C)(C)C. The maximum Gasteiger partial charge on any atom is 0.179 e. The minimum absolute atomic E-state index is 0.293. The Labute approximate surface area is 69.4 Å². The third kappa shape index (κ3) is 7.23. The minimum atomic E-state index is 0.293. The number of hydrogen-bond donors (Lipinski definition) is 1. The smallest absolute Gasteiger partial charge is 0.179 e. The normalized spacial score (nSPS) is 13.3. The molecule has 2 N–H and O–H groups in total. The summed E-state index contributed by atoms with van der Waals surface area (Å²) in [6.07, 6.45) is 2.89. The van der Waals surface area contributed by atoms with E-state index >= 15 is 0 Å². The van der Waals surface area contributed by atoms with E-state index in [0.29, 0.717) is 17.9 Å². The Kier molecular flexibility index (Phi) is 4.01. The zero-order valence-electron chi connectivity index (χ0n) is 7.98. The summed E-state index contributed by atoms with van der Waals surface area (Å²) in [7, 11) is 0. The molecular weight excluding hydrogens is 138 g/mol. The van der Waals surface area contributed by atoms with Crippen LogP contribution in [0.2, 0.25) is 0 Å². The fourth-order valence-electron chi connectivity index (χ4n) is 0.632. The van der Waals surface area contributed by atoms with Gasteiger partial charge < -0.3 is 10.5 Å². The van der Waals surface area contributed by atoms with E-state index in [0.717, 1.165) is 6.42 Å². The Morgan fingerprint density at radius 1 is 1.45 bits per heavy atom. The Morgan fingerprint density at radius 3 is 2.36 bits per heavy atom. The first-order valence-corrected chi connectivity index (χ1v) is 4.04. The van der Waals surface area contributed by atoms with Crippen molar-refractivity contribution in [2.45, 2.75) is 34.1 Å². The van der Waals surface area contributed by atoms with Crippen LogP contribution in [0.3, 0.4) is 0 Å². The standard InChI is InChI=1S/C9H19NO/c1-5-11-8(10)6-7-9(2,3)4/h6H,5,7,10H2,1-4H3/b8-6-. The summed E-state index contributed by atoms with van der Waals surface area (Å²) in [5, 5.41) is 0. The third-order valence-electron chi connectivity index (χ3n) is 1.23. The molecule has 11 heavy (non-hydrogen) atoms. The van der Waals surface area contributed by atoms with Crippen molar-refractivity contribution in [1.29, 1.82) is 0 Å². The summed E-state index contributed by atoms with van der Waals surface area (Å²) in [6.45, 7) is 9.08. The predicted octanol–water partition coefficient (Wildman–Crippen LogP) is 2.26. The molecule has 0 radical (unpaired) electrons. The summed E-state index contributed by atoms with van der Waals surface area (Å²) in [6, 6.07) is 0. The zero-order valence-corrected chi connectivity index (χ0v) is 7.98. The fraction of sp³-hybridized carbons (Fsp3) is 0.778. The summed E-state index contributed by atoms with van der Waals surface area (Å²) in [4.78, 5) is 0. The van der Waals surface area contributed by atoms with Gasteiger partial charge in [-0.15, -0.1) is 0 Å². The first kappa shape index (κ1) is 10.3. The van der Waals surface area contributed by atoms with E-state index in [-0.39, 0.29) is 0 Å². The van der Waals surface area contributed by atoms with Crippen molar-refractivity contribution < 1.29 is 4.74 Å². The van der Waals surface area contributed by atoms with Gasteiger partial charge in [-0.25, -0.2) is 0 Å². The van der Waals surface area contributed by atoms with Gasteiger partial charge in [0.2, 0.25) is 0 Å². The Balaban J connectivity index is 3.73. The molecule has 0 aromatic carbocycles. The second-order valence-corrected chi connectivity index (χ2v) is 3.80. The van der Waals surface area contributed by atoms with Crippen LogP contribution >= 0.6 is 0 Å². The average Bonchev–Trinajstić information content (AvgIpc) is 1.83. The van der Waals surface area contributed by atoms with Crippen LogP contribution in [0.25, 0.3) is 0 Å². The quantitative estimate of drug-likeness (QED) is 0.638. The molecule has 0 heterocycles. The van der Waals surface area contributed by atoms with Crippen LogP contribution in [0.4, 0.5) is 0 Å². The molecule has 0 atom stereocenters. The Bertz CT molecular complexity index is 133. The van der Waals surface area contributed by atoms with Crippen LogP contribution in [-0.4, -0.2) is 6.61 Å². The second-order valence-electron chi connectivity index (χ2n) is 3.80. The number of ether oxygens (including phenoxy) is 1. The molecule has 0 spiro atoms.